The molecule has 482 valence electrons. The molecule has 24 heteroatoms. The number of benzene rings is 5. The predicted molar refractivity (Wildman–Crippen MR) is 340 cm³/mol. The number of aliphatic hydroxyl groups excluding tert-OH is 1. The molecule has 1 aromatic heterocycles. The molecule has 8 amide bonds. The molecule has 5 aliphatic heterocycles. The fraction of sp³-hybridized carbons (Fsp3) is 0.333. The zero-order valence-corrected chi connectivity index (χ0v) is 52.0. The Morgan fingerprint density at radius 2 is 1.26 bits per heavy atom. The molecule has 11 rings (SSSR count). The normalized spacial score (nSPS) is 17.6. The maximum atomic E-state index is 14.8. The number of aromatic nitrogens is 1. The zero-order chi connectivity index (χ0) is 65.6. The average Bonchev–Trinajstić information content (AvgIpc) is 1.72. The molecule has 93 heavy (non-hydrogen) atoms. The van der Waals surface area contributed by atoms with E-state index in [0.717, 1.165) is 32.1 Å². The van der Waals surface area contributed by atoms with E-state index in [1.165, 1.54) is 62.5 Å². The third-order valence-corrected chi connectivity index (χ3v) is 17.1. The Morgan fingerprint density at radius 3 is 1.90 bits per heavy atom. The van der Waals surface area contributed by atoms with Crippen molar-refractivity contribution in [2.75, 3.05) is 31.0 Å². The number of rotatable bonds is 22. The number of aliphatic imine (C=N–C) groups is 1. The van der Waals surface area contributed by atoms with Crippen LogP contribution in [0.1, 0.15) is 106 Å². The number of H-pyrrole nitrogens is 1. The third-order valence-electron chi connectivity index (χ3n) is 17.1. The fourth-order valence-corrected chi connectivity index (χ4v) is 12.0. The molecule has 5 aromatic carbocycles. The lowest BCUT2D eigenvalue weighted by Crippen LogP contribution is -2.55. The van der Waals surface area contributed by atoms with E-state index >= 15 is 0 Å². The van der Waals surface area contributed by atoms with E-state index in [4.69, 9.17) is 28.7 Å². The van der Waals surface area contributed by atoms with Gasteiger partial charge in [0.1, 0.15) is 31.9 Å². The van der Waals surface area contributed by atoms with Crippen LogP contribution in [0.25, 0.3) is 0 Å². The predicted octanol–water partition coefficient (Wildman–Crippen LogP) is 6.94. The molecule has 0 radical (unpaired) electrons. The highest BCUT2D eigenvalue weighted by atomic mass is 16.6. The van der Waals surface area contributed by atoms with Crippen molar-refractivity contribution in [3.05, 3.63) is 182 Å². The quantitative estimate of drug-likeness (QED) is 0.0340. The summed E-state index contributed by atoms with van der Waals surface area (Å²) < 4.78 is 30.0. The number of anilines is 2. The van der Waals surface area contributed by atoms with Gasteiger partial charge in [-0.2, -0.15) is 0 Å². The molecule has 24 nitrogen and oxygen atoms in total. The molecule has 5 aliphatic rings. The molecule has 5 N–H and O–H groups in total. The summed E-state index contributed by atoms with van der Waals surface area (Å²) in [7, 11) is 2.86. The van der Waals surface area contributed by atoms with E-state index in [1.54, 1.807) is 61.4 Å². The zero-order valence-electron chi connectivity index (χ0n) is 52.0. The van der Waals surface area contributed by atoms with Gasteiger partial charge in [-0.3, -0.25) is 48.2 Å². The van der Waals surface area contributed by atoms with Gasteiger partial charge in [0.25, 0.3) is 23.6 Å². The minimum atomic E-state index is -1.63. The average molecular weight is 1270 g/mol. The van der Waals surface area contributed by atoms with Crippen molar-refractivity contribution >= 4 is 70.7 Å². The largest absolute Gasteiger partial charge is 0.493 e. The van der Waals surface area contributed by atoms with Gasteiger partial charge in [0.15, 0.2) is 34.7 Å². The van der Waals surface area contributed by atoms with Gasteiger partial charge >= 0.3 is 6.09 Å². The number of methoxy groups -OCH3 is 2. The standard InChI is InChI=1S/C69H71N9O15/c1-39(2)63(74-60(80)17-7-6-12-24-75-61(81)22-23-62(75)82)65(84)71-40(3)64(83)73-46-20-18-41(19-21-46)36-93-69(88)78-54-32-59(57(90-5)30-52(54)67(86)77-35-45-16-11-9-14-43(45)26-55(77)68(78)87)92-38-48-28-50(79)27-47(72-48)37-91-58-31-53-51(29-56(58)89-4)66(85)76-34-44-15-10-8-13-42(44)25-49(76)33-70-53/h8-11,13-16,18-23,27-33,39-40,49,55,63,68,87H,6-7,12,17,24-26,34-38H2,1-5H3,(H,71,84)(H,72,79)(H,73,83)(H,74,80)/t40-,49-,55-,63-,68?/m0/s1. The number of carbonyl (C=O) groups is 8. The van der Waals surface area contributed by atoms with Crippen molar-refractivity contribution < 1.29 is 67.1 Å². The van der Waals surface area contributed by atoms with Gasteiger partial charge in [0.05, 0.1) is 60.2 Å². The Kier molecular flexibility index (Phi) is 19.2. The molecule has 0 spiro atoms. The van der Waals surface area contributed by atoms with Crippen molar-refractivity contribution in [2.45, 2.75) is 123 Å². The van der Waals surface area contributed by atoms with Gasteiger partial charge in [0.2, 0.25) is 17.7 Å². The van der Waals surface area contributed by atoms with Crippen LogP contribution in [-0.4, -0.2) is 130 Å². The number of carbonyl (C=O) groups excluding carboxylic acids is 8. The summed E-state index contributed by atoms with van der Waals surface area (Å²) in [6, 6.07) is 27.7. The molecule has 0 saturated heterocycles. The summed E-state index contributed by atoms with van der Waals surface area (Å²) in [6.07, 6.45) is 4.13. The smallest absolute Gasteiger partial charge is 0.416 e. The van der Waals surface area contributed by atoms with E-state index in [1.807, 2.05) is 42.5 Å². The number of imide groups is 1. The Bertz CT molecular complexity index is 4030. The first-order valence-electron chi connectivity index (χ1n) is 30.7. The number of hydrogen-bond acceptors (Lipinski definition) is 16. The van der Waals surface area contributed by atoms with Crippen molar-refractivity contribution in [1.82, 2.24) is 30.3 Å². The number of hydrogen-bond donors (Lipinski definition) is 5. The molecule has 5 atom stereocenters. The van der Waals surface area contributed by atoms with Crippen LogP contribution in [0, 0.1) is 5.92 Å². The van der Waals surface area contributed by atoms with Crippen LogP contribution in [0.15, 0.2) is 131 Å². The highest BCUT2D eigenvalue weighted by molar-refractivity contribution is 6.13. The SMILES string of the molecule is COc1cc2c(cc1OCc1cc(=O)cc(COc3cc4c(cc3OC)C(=O)N3Cc5ccccc5C[C@H]3C(O)N4C(=O)OCc3ccc(NC(=O)[C@H](C)NC(=O)[C@@H](NC(=O)CCCCCN4C(=O)C=CC4=O)C(C)C)cc3)[nH]1)N=C[C@@H]1Cc3ccccc3CN1C2=O. The van der Waals surface area contributed by atoms with Crippen LogP contribution in [0.2, 0.25) is 0 Å². The number of amides is 8. The summed E-state index contributed by atoms with van der Waals surface area (Å²) in [4.78, 5) is 133. The van der Waals surface area contributed by atoms with Crippen LogP contribution in [0.4, 0.5) is 21.9 Å². The summed E-state index contributed by atoms with van der Waals surface area (Å²) in [6.45, 7) is 5.18. The number of nitrogens with one attached hydrogen (secondary N) is 4. The van der Waals surface area contributed by atoms with E-state index in [0.29, 0.717) is 71.9 Å². The highest BCUT2D eigenvalue weighted by Crippen LogP contribution is 2.43. The third kappa shape index (κ3) is 14.1. The maximum Gasteiger partial charge on any atom is 0.416 e. The second kappa shape index (κ2) is 27.9. The summed E-state index contributed by atoms with van der Waals surface area (Å²) in [5.41, 5.74) is 5.92. The number of unbranched alkanes of at least 4 members (excludes halogenated alkanes) is 2. The summed E-state index contributed by atoms with van der Waals surface area (Å²) in [5.74, 6) is -2.43. The van der Waals surface area contributed by atoms with Gasteiger partial charge < -0.3 is 59.5 Å². The molecule has 1 unspecified atom stereocenters. The number of pyridine rings is 1. The fourth-order valence-electron chi connectivity index (χ4n) is 12.0. The second-order valence-corrected chi connectivity index (χ2v) is 23.7. The van der Waals surface area contributed by atoms with Gasteiger partial charge in [-0.1, -0.05) is 80.9 Å². The van der Waals surface area contributed by atoms with Crippen LogP contribution in [0.5, 0.6) is 23.0 Å². The number of aromatic amines is 1. The van der Waals surface area contributed by atoms with E-state index in [9.17, 15) is 48.3 Å². The minimum absolute atomic E-state index is 0.0130. The summed E-state index contributed by atoms with van der Waals surface area (Å²) in [5, 5.41) is 20.6. The molecule has 6 heterocycles. The highest BCUT2D eigenvalue weighted by Gasteiger charge is 2.46. The molecule has 0 saturated carbocycles. The Labute approximate surface area is 535 Å². The number of ether oxygens (including phenoxy) is 5. The van der Waals surface area contributed by atoms with Gasteiger partial charge in [-0.15, -0.1) is 0 Å². The van der Waals surface area contributed by atoms with Crippen LogP contribution in [0.3, 0.4) is 0 Å². The summed E-state index contributed by atoms with van der Waals surface area (Å²) >= 11 is 0. The van der Waals surface area contributed by atoms with Gasteiger partial charge in [-0.05, 0) is 90.6 Å². The van der Waals surface area contributed by atoms with Crippen molar-refractivity contribution in [3.8, 4) is 23.0 Å². The molecular formula is C69H71N9O15. The molecule has 6 aromatic rings. The van der Waals surface area contributed by atoms with E-state index in [-0.39, 0.29) is 115 Å². The molecule has 0 aliphatic carbocycles. The van der Waals surface area contributed by atoms with Crippen molar-refractivity contribution in [2.24, 2.45) is 10.9 Å². The Hall–Kier alpha value is -10.6. The van der Waals surface area contributed by atoms with Crippen LogP contribution in [-0.2, 0) is 74.5 Å². The monoisotopic (exact) mass is 1270 g/mol. The van der Waals surface area contributed by atoms with Gasteiger partial charge in [-0.25, -0.2) is 9.69 Å². The lowest BCUT2D eigenvalue weighted by molar-refractivity contribution is -0.137. The second-order valence-electron chi connectivity index (χ2n) is 23.7. The number of fused-ring (bicyclic) bond motifs is 6. The van der Waals surface area contributed by atoms with Crippen molar-refractivity contribution in [3.63, 3.8) is 0 Å². The van der Waals surface area contributed by atoms with E-state index < -0.39 is 48.2 Å². The topological polar surface area (TPSA) is 297 Å². The number of aliphatic hydroxyl groups is 1. The first-order valence-corrected chi connectivity index (χ1v) is 30.7. The molecule has 0 fully saturated rings. The molecular weight excluding hydrogens is 1190 g/mol. The Morgan fingerprint density at radius 1 is 0.656 bits per heavy atom. The minimum Gasteiger partial charge on any atom is -0.493 e. The Balaban J connectivity index is 0.741. The van der Waals surface area contributed by atoms with Crippen LogP contribution >= 0.6 is 0 Å². The lowest BCUT2D eigenvalue weighted by atomic mass is 9.93. The van der Waals surface area contributed by atoms with Gasteiger partial charge in [0, 0.05) is 74.4 Å². The first-order chi connectivity index (χ1) is 44.8. The number of nitrogens with zero attached hydrogens (tertiary/aromatic N) is 5. The van der Waals surface area contributed by atoms with E-state index in [2.05, 4.69) is 27.0 Å². The van der Waals surface area contributed by atoms with Crippen molar-refractivity contribution in [1.29, 1.82) is 0 Å². The molecule has 0 bridgehead atoms. The maximum absolute atomic E-state index is 14.8. The first kappa shape index (κ1) is 63.9. The lowest BCUT2D eigenvalue weighted by Gasteiger charge is -2.39. The van der Waals surface area contributed by atoms with Crippen LogP contribution < -0.4 is 45.2 Å².